The zero-order chi connectivity index (χ0) is 14.2. The molecular weight excluding hydrogens is 278 g/mol. The number of halogens is 1. The van der Waals surface area contributed by atoms with Crippen LogP contribution in [0, 0.1) is 11.3 Å². The molecule has 0 aliphatic heterocycles. The number of hydrogen-bond acceptors (Lipinski definition) is 4. The second kappa shape index (κ2) is 5.37. The lowest BCUT2D eigenvalue weighted by atomic mass is 9.85. The minimum atomic E-state index is -0.155. The first kappa shape index (κ1) is 13.9. The van der Waals surface area contributed by atoms with Crippen LogP contribution >= 0.6 is 11.6 Å². The van der Waals surface area contributed by atoms with Crippen molar-refractivity contribution in [3.63, 3.8) is 0 Å². The highest BCUT2D eigenvalue weighted by molar-refractivity contribution is 6.32. The van der Waals surface area contributed by atoms with Crippen LogP contribution < -0.4 is 10.9 Å². The lowest BCUT2D eigenvalue weighted by Crippen LogP contribution is -2.32. The molecule has 0 unspecified atom stereocenters. The molecular formula is C14H20ClN3O2. The summed E-state index contributed by atoms with van der Waals surface area (Å²) in [5, 5.41) is 16.9. The third kappa shape index (κ3) is 2.69. The van der Waals surface area contributed by atoms with Gasteiger partial charge >= 0.3 is 0 Å². The summed E-state index contributed by atoms with van der Waals surface area (Å²) in [6.07, 6.45) is 7.12. The van der Waals surface area contributed by atoms with Crippen molar-refractivity contribution in [3.05, 3.63) is 21.6 Å². The Balaban J connectivity index is 1.74. The zero-order valence-electron chi connectivity index (χ0n) is 11.4. The molecule has 0 atom stereocenters. The van der Waals surface area contributed by atoms with Gasteiger partial charge in [-0.25, -0.2) is 4.68 Å². The first-order chi connectivity index (χ1) is 9.63. The third-order valence-corrected chi connectivity index (χ3v) is 4.87. The van der Waals surface area contributed by atoms with Gasteiger partial charge in [0.15, 0.2) is 0 Å². The van der Waals surface area contributed by atoms with Gasteiger partial charge in [-0.05, 0) is 31.6 Å². The van der Waals surface area contributed by atoms with E-state index in [1.807, 2.05) is 0 Å². The molecule has 2 N–H and O–H groups in total. The Bertz CT molecular complexity index is 550. The number of aromatic nitrogens is 2. The fraction of sp³-hybridized carbons (Fsp3) is 0.714. The van der Waals surface area contributed by atoms with E-state index in [4.69, 9.17) is 11.6 Å². The van der Waals surface area contributed by atoms with Crippen LogP contribution in [0.3, 0.4) is 0 Å². The van der Waals surface area contributed by atoms with E-state index in [0.29, 0.717) is 29.7 Å². The van der Waals surface area contributed by atoms with E-state index in [1.165, 1.54) is 30.1 Å². The summed E-state index contributed by atoms with van der Waals surface area (Å²) in [6.45, 7) is 1.42. The Labute approximate surface area is 122 Å². The van der Waals surface area contributed by atoms with Crippen LogP contribution in [0.2, 0.25) is 5.02 Å². The van der Waals surface area contributed by atoms with Gasteiger partial charge in [0.1, 0.15) is 5.69 Å². The minimum Gasteiger partial charge on any atom is -0.396 e. The first-order valence-electron chi connectivity index (χ1n) is 7.24. The normalized spacial score (nSPS) is 20.5. The molecule has 5 nitrogen and oxygen atoms in total. The number of nitrogens with zero attached hydrogens (tertiary/aromatic N) is 2. The lowest BCUT2D eigenvalue weighted by molar-refractivity contribution is 0.219. The third-order valence-electron chi connectivity index (χ3n) is 4.59. The standard InChI is InChI=1S/C14H20ClN3O2/c15-11-6-17-18(7-10-2-1-3-10)13(20)12(11)16-8-14(9-19)4-5-14/h6,10,16,19H,1-5,7-9H2. The Hall–Kier alpha value is -1.07. The van der Waals surface area contributed by atoms with E-state index in [2.05, 4.69) is 10.4 Å². The van der Waals surface area contributed by atoms with Crippen LogP contribution in [0.4, 0.5) is 5.69 Å². The van der Waals surface area contributed by atoms with Crippen molar-refractivity contribution >= 4 is 17.3 Å². The molecule has 110 valence electrons. The predicted octanol–water partition coefficient (Wildman–Crippen LogP) is 1.88. The van der Waals surface area contributed by atoms with Gasteiger partial charge < -0.3 is 10.4 Å². The van der Waals surface area contributed by atoms with Crippen molar-refractivity contribution in [3.8, 4) is 0 Å². The molecule has 0 radical (unpaired) electrons. The van der Waals surface area contributed by atoms with E-state index >= 15 is 0 Å². The molecule has 1 aromatic heterocycles. The predicted molar refractivity (Wildman–Crippen MR) is 78.1 cm³/mol. The Morgan fingerprint density at radius 3 is 2.80 bits per heavy atom. The summed E-state index contributed by atoms with van der Waals surface area (Å²) >= 11 is 6.08. The van der Waals surface area contributed by atoms with Gasteiger partial charge in [0.2, 0.25) is 0 Å². The number of aliphatic hydroxyl groups is 1. The SMILES string of the molecule is O=c1c(NCC2(CO)CC2)c(Cl)cnn1CC1CCC1. The molecule has 20 heavy (non-hydrogen) atoms. The van der Waals surface area contributed by atoms with E-state index in [0.717, 1.165) is 12.8 Å². The van der Waals surface area contributed by atoms with Crippen LogP contribution in [0.5, 0.6) is 0 Å². The van der Waals surface area contributed by atoms with Crippen LogP contribution in [0.1, 0.15) is 32.1 Å². The van der Waals surface area contributed by atoms with Crippen LogP contribution in [-0.4, -0.2) is 28.0 Å². The average molecular weight is 298 g/mol. The molecule has 1 aromatic rings. The summed E-state index contributed by atoms with van der Waals surface area (Å²) in [4.78, 5) is 12.4. The van der Waals surface area contributed by atoms with Crippen molar-refractivity contribution in [2.75, 3.05) is 18.5 Å². The molecule has 0 amide bonds. The van der Waals surface area contributed by atoms with Gasteiger partial charge in [0.05, 0.1) is 17.8 Å². The van der Waals surface area contributed by atoms with Crippen molar-refractivity contribution in [2.45, 2.75) is 38.6 Å². The molecule has 1 heterocycles. The highest BCUT2D eigenvalue weighted by Gasteiger charge is 2.41. The maximum atomic E-state index is 12.4. The Morgan fingerprint density at radius 1 is 1.50 bits per heavy atom. The fourth-order valence-electron chi connectivity index (χ4n) is 2.52. The summed E-state index contributed by atoms with van der Waals surface area (Å²) in [7, 11) is 0. The summed E-state index contributed by atoms with van der Waals surface area (Å²) < 4.78 is 1.51. The second-order valence-corrected chi connectivity index (χ2v) is 6.57. The van der Waals surface area contributed by atoms with E-state index in [-0.39, 0.29) is 17.6 Å². The van der Waals surface area contributed by atoms with Crippen LogP contribution in [0.25, 0.3) is 0 Å². The smallest absolute Gasteiger partial charge is 0.291 e. The van der Waals surface area contributed by atoms with Crippen molar-refractivity contribution in [2.24, 2.45) is 11.3 Å². The Morgan fingerprint density at radius 2 is 2.25 bits per heavy atom. The van der Waals surface area contributed by atoms with Crippen molar-refractivity contribution in [1.82, 2.24) is 9.78 Å². The molecule has 0 saturated heterocycles. The second-order valence-electron chi connectivity index (χ2n) is 6.16. The molecule has 2 aliphatic rings. The highest BCUT2D eigenvalue weighted by Crippen LogP contribution is 2.45. The van der Waals surface area contributed by atoms with Gasteiger partial charge in [-0.1, -0.05) is 18.0 Å². The topological polar surface area (TPSA) is 67.2 Å². The maximum Gasteiger partial charge on any atom is 0.291 e. The minimum absolute atomic E-state index is 0.0577. The van der Waals surface area contributed by atoms with E-state index in [9.17, 15) is 9.90 Å². The number of rotatable bonds is 6. The highest BCUT2D eigenvalue weighted by atomic mass is 35.5. The van der Waals surface area contributed by atoms with Gasteiger partial charge in [-0.15, -0.1) is 0 Å². The van der Waals surface area contributed by atoms with Gasteiger partial charge in [-0.2, -0.15) is 5.10 Å². The fourth-order valence-corrected chi connectivity index (χ4v) is 2.71. The molecule has 2 saturated carbocycles. The molecule has 0 bridgehead atoms. The maximum absolute atomic E-state index is 12.4. The summed E-state index contributed by atoms with van der Waals surface area (Å²) in [6, 6.07) is 0. The molecule has 3 rings (SSSR count). The van der Waals surface area contributed by atoms with Gasteiger partial charge in [-0.3, -0.25) is 4.79 Å². The van der Waals surface area contributed by atoms with Crippen molar-refractivity contribution < 1.29 is 5.11 Å². The van der Waals surface area contributed by atoms with E-state index < -0.39 is 0 Å². The number of aliphatic hydroxyl groups excluding tert-OH is 1. The number of anilines is 1. The lowest BCUT2D eigenvalue weighted by Gasteiger charge is -2.25. The number of hydrogen-bond donors (Lipinski definition) is 2. The van der Waals surface area contributed by atoms with Crippen molar-refractivity contribution in [1.29, 1.82) is 0 Å². The summed E-state index contributed by atoms with van der Waals surface area (Å²) in [5.74, 6) is 0.571. The average Bonchev–Trinajstić information content (AvgIpc) is 3.16. The number of nitrogens with one attached hydrogen (secondary N) is 1. The van der Waals surface area contributed by atoms with Gasteiger partial charge in [0.25, 0.3) is 5.56 Å². The Kier molecular flexibility index (Phi) is 3.73. The summed E-state index contributed by atoms with van der Waals surface area (Å²) in [5.41, 5.74) is 0.205. The van der Waals surface area contributed by atoms with E-state index in [1.54, 1.807) is 0 Å². The molecule has 0 spiro atoms. The molecule has 2 fully saturated rings. The van der Waals surface area contributed by atoms with Crippen LogP contribution in [-0.2, 0) is 6.54 Å². The molecule has 0 aromatic carbocycles. The molecule has 6 heteroatoms. The van der Waals surface area contributed by atoms with Crippen LogP contribution in [0.15, 0.2) is 11.0 Å². The largest absolute Gasteiger partial charge is 0.396 e. The molecule has 2 aliphatic carbocycles. The monoisotopic (exact) mass is 297 g/mol. The quantitative estimate of drug-likeness (QED) is 0.841. The first-order valence-corrected chi connectivity index (χ1v) is 7.62. The van der Waals surface area contributed by atoms with Gasteiger partial charge in [0, 0.05) is 18.5 Å². The zero-order valence-corrected chi connectivity index (χ0v) is 12.2.